The molecule has 0 amide bonds. The van der Waals surface area contributed by atoms with E-state index < -0.39 is 21.5 Å². The first-order valence-corrected chi connectivity index (χ1v) is 6.87. The van der Waals surface area contributed by atoms with Crippen LogP contribution in [0.1, 0.15) is 0 Å². The number of para-hydroxylation sites is 1. The van der Waals surface area contributed by atoms with Crippen LogP contribution in [0.3, 0.4) is 0 Å². The smallest absolute Gasteiger partial charge is 0.242 e. The van der Waals surface area contributed by atoms with E-state index >= 15 is 0 Å². The number of nitrogens with zero attached hydrogens (tertiary/aromatic N) is 3. The van der Waals surface area contributed by atoms with Crippen LogP contribution in [-0.4, -0.2) is 30.0 Å². The summed E-state index contributed by atoms with van der Waals surface area (Å²) in [4.78, 5) is -0.272. The van der Waals surface area contributed by atoms with Crippen molar-refractivity contribution in [3.8, 4) is 0 Å². The van der Waals surface area contributed by atoms with E-state index in [1.165, 1.54) is 23.0 Å². The number of hydrogen-bond acceptors (Lipinski definition) is 5. The molecular weight excluding hydrogens is 273 g/mol. The highest BCUT2D eigenvalue weighted by molar-refractivity contribution is 7.89. The highest BCUT2D eigenvalue weighted by Gasteiger charge is 2.18. The second kappa shape index (κ2) is 5.33. The number of hydrogen-bond donors (Lipinski definition) is 2. The van der Waals surface area contributed by atoms with Crippen molar-refractivity contribution in [2.75, 3.05) is 12.3 Å². The van der Waals surface area contributed by atoms with Gasteiger partial charge in [0, 0.05) is 12.7 Å². The van der Waals surface area contributed by atoms with Crippen LogP contribution in [0.25, 0.3) is 0 Å². The lowest BCUT2D eigenvalue weighted by molar-refractivity contribution is 0.552. The van der Waals surface area contributed by atoms with Gasteiger partial charge in [-0.3, -0.25) is 4.68 Å². The average Bonchev–Trinajstić information content (AvgIpc) is 2.85. The minimum atomic E-state index is -3.84. The molecular formula is C10H12FN5O2S. The molecule has 19 heavy (non-hydrogen) atoms. The summed E-state index contributed by atoms with van der Waals surface area (Å²) < 4.78 is 40.9. The van der Waals surface area contributed by atoms with Crippen LogP contribution in [0.2, 0.25) is 0 Å². The fourth-order valence-electron chi connectivity index (χ4n) is 1.48. The van der Waals surface area contributed by atoms with Gasteiger partial charge in [0.2, 0.25) is 10.0 Å². The first-order valence-electron chi connectivity index (χ1n) is 5.38. The third kappa shape index (κ3) is 3.06. The molecule has 2 rings (SSSR count). The Labute approximate surface area is 109 Å². The zero-order valence-electron chi connectivity index (χ0n) is 9.82. The van der Waals surface area contributed by atoms with Crippen LogP contribution < -0.4 is 10.5 Å². The number of nitrogens with one attached hydrogen (secondary N) is 1. The van der Waals surface area contributed by atoms with E-state index in [0.717, 1.165) is 6.07 Å². The lowest BCUT2D eigenvalue weighted by Gasteiger charge is -2.09. The van der Waals surface area contributed by atoms with Gasteiger partial charge < -0.3 is 5.73 Å². The summed E-state index contributed by atoms with van der Waals surface area (Å²) in [6.07, 6.45) is 3.09. The van der Waals surface area contributed by atoms with Gasteiger partial charge in [0.1, 0.15) is 10.7 Å². The van der Waals surface area contributed by atoms with Crippen molar-refractivity contribution in [2.45, 2.75) is 11.4 Å². The van der Waals surface area contributed by atoms with Gasteiger partial charge >= 0.3 is 0 Å². The molecule has 1 aromatic heterocycles. The number of aromatic nitrogens is 3. The maximum atomic E-state index is 13.2. The summed E-state index contributed by atoms with van der Waals surface area (Å²) >= 11 is 0. The maximum Gasteiger partial charge on any atom is 0.242 e. The van der Waals surface area contributed by atoms with Gasteiger partial charge in [0.05, 0.1) is 18.4 Å². The molecule has 0 fully saturated rings. The van der Waals surface area contributed by atoms with Gasteiger partial charge in [-0.15, -0.1) is 5.10 Å². The van der Waals surface area contributed by atoms with Crippen LogP contribution in [-0.2, 0) is 16.6 Å². The number of nitrogen functional groups attached to an aromatic ring is 1. The molecule has 1 heterocycles. The van der Waals surface area contributed by atoms with E-state index in [9.17, 15) is 12.8 Å². The summed E-state index contributed by atoms with van der Waals surface area (Å²) in [5.41, 5.74) is 5.02. The average molecular weight is 285 g/mol. The largest absolute Gasteiger partial charge is 0.395 e. The Bertz CT molecular complexity index is 657. The fourth-order valence-corrected chi connectivity index (χ4v) is 2.64. The molecule has 0 aliphatic heterocycles. The molecule has 0 saturated heterocycles. The Morgan fingerprint density at radius 3 is 2.89 bits per heavy atom. The Kier molecular flexibility index (Phi) is 3.76. The molecule has 3 N–H and O–H groups in total. The van der Waals surface area contributed by atoms with Crippen LogP contribution >= 0.6 is 0 Å². The predicted molar refractivity (Wildman–Crippen MR) is 66.0 cm³/mol. The van der Waals surface area contributed by atoms with Crippen molar-refractivity contribution in [2.24, 2.45) is 0 Å². The molecule has 0 unspecified atom stereocenters. The van der Waals surface area contributed by atoms with Gasteiger partial charge in [-0.05, 0) is 12.1 Å². The molecule has 1 aromatic carbocycles. The lowest BCUT2D eigenvalue weighted by Crippen LogP contribution is -2.28. The molecule has 0 saturated carbocycles. The van der Waals surface area contributed by atoms with Crippen molar-refractivity contribution in [1.29, 1.82) is 0 Å². The summed E-state index contributed by atoms with van der Waals surface area (Å²) in [6.45, 7) is 0.413. The normalized spacial score (nSPS) is 11.6. The van der Waals surface area contributed by atoms with Crippen LogP contribution in [0.4, 0.5) is 10.1 Å². The molecule has 0 spiro atoms. The number of nitrogens with two attached hydrogens (primary N) is 1. The molecule has 0 aliphatic rings. The molecule has 7 nitrogen and oxygen atoms in total. The van der Waals surface area contributed by atoms with Crippen LogP contribution in [0.5, 0.6) is 0 Å². The van der Waals surface area contributed by atoms with Crippen molar-refractivity contribution < 1.29 is 12.8 Å². The van der Waals surface area contributed by atoms with Crippen molar-refractivity contribution in [3.05, 3.63) is 36.4 Å². The monoisotopic (exact) mass is 285 g/mol. The highest BCUT2D eigenvalue weighted by Crippen LogP contribution is 2.20. The minimum absolute atomic E-state index is 0.0989. The van der Waals surface area contributed by atoms with E-state index in [0.29, 0.717) is 6.54 Å². The van der Waals surface area contributed by atoms with Crippen molar-refractivity contribution in [1.82, 2.24) is 19.7 Å². The molecule has 0 bridgehead atoms. The van der Waals surface area contributed by atoms with E-state index in [-0.39, 0.29) is 11.4 Å². The van der Waals surface area contributed by atoms with Crippen molar-refractivity contribution in [3.63, 3.8) is 0 Å². The molecule has 0 atom stereocenters. The third-order valence-corrected chi connectivity index (χ3v) is 3.93. The first-order chi connectivity index (χ1) is 9.00. The number of rotatable bonds is 5. The van der Waals surface area contributed by atoms with E-state index in [4.69, 9.17) is 5.73 Å². The van der Waals surface area contributed by atoms with Crippen LogP contribution in [0, 0.1) is 5.82 Å². The molecule has 9 heteroatoms. The SMILES string of the molecule is Nc1c(F)cccc1S(=O)(=O)NCCn1ccnn1. The number of halogens is 1. The van der Waals surface area contributed by atoms with E-state index in [1.54, 1.807) is 6.20 Å². The highest BCUT2D eigenvalue weighted by atomic mass is 32.2. The Balaban J connectivity index is 2.08. The minimum Gasteiger partial charge on any atom is -0.395 e. The molecule has 102 valence electrons. The zero-order valence-corrected chi connectivity index (χ0v) is 10.6. The Morgan fingerprint density at radius 1 is 1.42 bits per heavy atom. The molecule has 0 aliphatic carbocycles. The quantitative estimate of drug-likeness (QED) is 0.751. The first kappa shape index (κ1) is 13.4. The van der Waals surface area contributed by atoms with Gasteiger partial charge in [0.25, 0.3) is 0 Å². The second-order valence-electron chi connectivity index (χ2n) is 3.72. The van der Waals surface area contributed by atoms with Crippen molar-refractivity contribution >= 4 is 15.7 Å². The zero-order chi connectivity index (χ0) is 13.9. The summed E-state index contributed by atoms with van der Waals surface area (Å²) in [5.74, 6) is -0.765. The maximum absolute atomic E-state index is 13.2. The Morgan fingerprint density at radius 2 is 2.21 bits per heavy atom. The van der Waals surface area contributed by atoms with E-state index in [2.05, 4.69) is 15.0 Å². The number of sulfonamides is 1. The topological polar surface area (TPSA) is 103 Å². The van der Waals surface area contributed by atoms with E-state index in [1.807, 2.05) is 0 Å². The molecule has 0 radical (unpaired) electrons. The lowest BCUT2D eigenvalue weighted by atomic mass is 10.3. The van der Waals surface area contributed by atoms with Gasteiger partial charge in [-0.2, -0.15) is 0 Å². The van der Waals surface area contributed by atoms with Gasteiger partial charge in [-0.1, -0.05) is 11.3 Å². The fraction of sp³-hybridized carbons (Fsp3) is 0.200. The third-order valence-electron chi connectivity index (χ3n) is 2.41. The summed E-state index contributed by atoms with van der Waals surface area (Å²) in [7, 11) is -3.84. The van der Waals surface area contributed by atoms with Gasteiger partial charge in [0.15, 0.2) is 0 Å². The number of benzene rings is 1. The standard InChI is InChI=1S/C10H12FN5O2S/c11-8-2-1-3-9(10(8)12)19(17,18)14-5-7-16-6-4-13-15-16/h1-4,6,14H,5,7,12H2. The number of anilines is 1. The summed E-state index contributed by atoms with van der Waals surface area (Å²) in [5, 5.41) is 7.27. The van der Waals surface area contributed by atoms with Crippen LogP contribution in [0.15, 0.2) is 35.5 Å². The predicted octanol–water partition coefficient (Wildman–Crippen LogP) is -0.0221. The second-order valence-corrected chi connectivity index (χ2v) is 5.45. The molecule has 2 aromatic rings. The van der Waals surface area contributed by atoms with Gasteiger partial charge in [-0.25, -0.2) is 17.5 Å². The summed E-state index contributed by atoms with van der Waals surface area (Å²) in [6, 6.07) is 3.64. The Hall–Kier alpha value is -2.00.